The lowest BCUT2D eigenvalue weighted by atomic mass is 10.1. The first-order chi connectivity index (χ1) is 10.8. The smallest absolute Gasteiger partial charge is 0.191 e. The molecule has 1 aliphatic heterocycles. The molecule has 1 aromatic heterocycles. The molecule has 6 nitrogen and oxygen atoms in total. The van der Waals surface area contributed by atoms with Crippen LogP contribution in [-0.4, -0.2) is 55.2 Å². The maximum atomic E-state index is 9.99. The molecule has 1 aliphatic rings. The first-order valence-electron chi connectivity index (χ1n) is 8.25. The fourth-order valence-electron chi connectivity index (χ4n) is 2.61. The Balaban J connectivity index is 1.74. The third-order valence-electron chi connectivity index (χ3n) is 3.81. The van der Waals surface area contributed by atoms with Crippen LogP contribution in [0.3, 0.4) is 0 Å². The molecule has 1 unspecified atom stereocenters. The maximum absolute atomic E-state index is 9.99. The second kappa shape index (κ2) is 9.48. The summed E-state index contributed by atoms with van der Waals surface area (Å²) in [5, 5.41) is 16.5. The number of rotatable bonds is 7. The van der Waals surface area contributed by atoms with Gasteiger partial charge in [-0.3, -0.25) is 4.99 Å². The van der Waals surface area contributed by atoms with Crippen LogP contribution in [0, 0.1) is 0 Å². The van der Waals surface area contributed by atoms with Gasteiger partial charge in [0, 0.05) is 19.6 Å². The number of aliphatic hydroxyl groups excluding tert-OH is 1. The summed E-state index contributed by atoms with van der Waals surface area (Å²) in [6, 6.07) is 3.53. The fourth-order valence-corrected chi connectivity index (χ4v) is 2.61. The first-order valence-corrected chi connectivity index (χ1v) is 8.25. The number of furan rings is 1. The Hall–Kier alpha value is -1.53. The number of nitrogens with zero attached hydrogens (tertiary/aromatic N) is 2. The second-order valence-corrected chi connectivity index (χ2v) is 5.58. The predicted molar refractivity (Wildman–Crippen MR) is 87.9 cm³/mol. The van der Waals surface area contributed by atoms with Crippen LogP contribution in [0.4, 0.5) is 0 Å². The number of hydrogen-bond donors (Lipinski definition) is 3. The van der Waals surface area contributed by atoms with Crippen LogP contribution < -0.4 is 10.6 Å². The third-order valence-corrected chi connectivity index (χ3v) is 3.81. The molecule has 3 N–H and O–H groups in total. The van der Waals surface area contributed by atoms with Crippen molar-refractivity contribution in [1.29, 1.82) is 0 Å². The number of piperidine rings is 1. The predicted octanol–water partition coefficient (Wildman–Crippen LogP) is 1.35. The van der Waals surface area contributed by atoms with Gasteiger partial charge in [-0.05, 0) is 45.0 Å². The van der Waals surface area contributed by atoms with Crippen LogP contribution in [0.15, 0.2) is 27.8 Å². The highest BCUT2D eigenvalue weighted by Crippen LogP contribution is 2.12. The highest BCUT2D eigenvalue weighted by atomic mass is 16.4. The van der Waals surface area contributed by atoms with Gasteiger partial charge in [-0.15, -0.1) is 0 Å². The van der Waals surface area contributed by atoms with E-state index >= 15 is 0 Å². The van der Waals surface area contributed by atoms with Crippen LogP contribution in [0.5, 0.6) is 0 Å². The van der Waals surface area contributed by atoms with Crippen LogP contribution in [0.25, 0.3) is 0 Å². The van der Waals surface area contributed by atoms with Gasteiger partial charge in [0.05, 0.1) is 12.8 Å². The van der Waals surface area contributed by atoms with E-state index < -0.39 is 6.10 Å². The Bertz CT molecular complexity index is 427. The van der Waals surface area contributed by atoms with E-state index in [0.29, 0.717) is 5.76 Å². The summed E-state index contributed by atoms with van der Waals surface area (Å²) < 4.78 is 5.18. The zero-order valence-corrected chi connectivity index (χ0v) is 13.4. The number of hydrogen-bond acceptors (Lipinski definition) is 4. The Morgan fingerprint density at radius 2 is 2.18 bits per heavy atom. The Morgan fingerprint density at radius 3 is 2.86 bits per heavy atom. The monoisotopic (exact) mass is 308 g/mol. The van der Waals surface area contributed by atoms with Crippen molar-refractivity contribution in [2.24, 2.45) is 4.99 Å². The molecule has 0 radical (unpaired) electrons. The molecule has 0 aliphatic carbocycles. The number of likely N-dealkylation sites (tertiary alicyclic amines) is 1. The minimum Gasteiger partial charge on any atom is -0.467 e. The lowest BCUT2D eigenvalue weighted by molar-refractivity contribution is 0.158. The zero-order valence-electron chi connectivity index (χ0n) is 13.4. The van der Waals surface area contributed by atoms with Gasteiger partial charge in [-0.1, -0.05) is 6.42 Å². The topological polar surface area (TPSA) is 73.0 Å². The minimum atomic E-state index is -0.701. The van der Waals surface area contributed by atoms with Gasteiger partial charge >= 0.3 is 0 Å². The van der Waals surface area contributed by atoms with Crippen molar-refractivity contribution < 1.29 is 9.52 Å². The summed E-state index contributed by atoms with van der Waals surface area (Å²) in [7, 11) is 0. The molecule has 0 spiro atoms. The van der Waals surface area contributed by atoms with Crippen molar-refractivity contribution in [2.75, 3.05) is 39.3 Å². The zero-order chi connectivity index (χ0) is 15.6. The summed E-state index contributed by atoms with van der Waals surface area (Å²) in [4.78, 5) is 6.90. The van der Waals surface area contributed by atoms with Crippen LogP contribution in [0.1, 0.15) is 38.1 Å². The van der Waals surface area contributed by atoms with Gasteiger partial charge < -0.3 is 25.1 Å². The molecule has 2 rings (SSSR count). The van der Waals surface area contributed by atoms with E-state index in [9.17, 15) is 5.11 Å². The second-order valence-electron chi connectivity index (χ2n) is 5.58. The van der Waals surface area contributed by atoms with Crippen LogP contribution in [0.2, 0.25) is 0 Å². The third kappa shape index (κ3) is 5.69. The number of guanidine groups is 1. The standard InChI is InChI=1S/C16H28N4O2/c1-2-17-16(18-8-11-20-9-4-3-5-10-20)19-13-14(21)15-7-6-12-22-15/h6-7,12,14,21H,2-5,8-11,13H2,1H3,(H2,17,18,19). The molecule has 0 saturated carbocycles. The van der Waals surface area contributed by atoms with E-state index in [1.54, 1.807) is 18.4 Å². The maximum Gasteiger partial charge on any atom is 0.191 e. The summed E-state index contributed by atoms with van der Waals surface area (Å²) in [6.45, 7) is 7.41. The average molecular weight is 308 g/mol. The molecule has 0 bridgehead atoms. The molecule has 1 fully saturated rings. The quantitative estimate of drug-likeness (QED) is 0.524. The molecule has 22 heavy (non-hydrogen) atoms. The highest BCUT2D eigenvalue weighted by Gasteiger charge is 2.11. The molecule has 1 saturated heterocycles. The van der Waals surface area contributed by atoms with Crippen molar-refractivity contribution in [2.45, 2.75) is 32.3 Å². The minimum absolute atomic E-state index is 0.284. The molecule has 0 amide bonds. The van der Waals surface area contributed by atoms with Crippen LogP contribution >= 0.6 is 0 Å². The largest absolute Gasteiger partial charge is 0.467 e. The Morgan fingerprint density at radius 1 is 1.36 bits per heavy atom. The average Bonchev–Trinajstić information content (AvgIpc) is 3.08. The molecule has 6 heteroatoms. The van der Waals surface area contributed by atoms with Crippen molar-refractivity contribution in [1.82, 2.24) is 15.5 Å². The van der Waals surface area contributed by atoms with E-state index in [1.807, 2.05) is 6.92 Å². The molecule has 0 aromatic carbocycles. The highest BCUT2D eigenvalue weighted by molar-refractivity contribution is 5.79. The molecule has 1 atom stereocenters. The van der Waals surface area contributed by atoms with E-state index in [2.05, 4.69) is 20.5 Å². The lowest BCUT2D eigenvalue weighted by Gasteiger charge is -2.26. The molecular weight excluding hydrogens is 280 g/mol. The van der Waals surface area contributed by atoms with Gasteiger partial charge in [0.2, 0.25) is 0 Å². The van der Waals surface area contributed by atoms with Gasteiger partial charge in [0.15, 0.2) is 5.96 Å². The van der Waals surface area contributed by atoms with Crippen LogP contribution in [-0.2, 0) is 0 Å². The Kier molecular flexibility index (Phi) is 7.25. The summed E-state index contributed by atoms with van der Waals surface area (Å²) >= 11 is 0. The molecule has 124 valence electrons. The van der Waals surface area contributed by atoms with Crippen molar-refractivity contribution in [3.05, 3.63) is 24.2 Å². The number of aliphatic hydroxyl groups is 1. The van der Waals surface area contributed by atoms with E-state index in [0.717, 1.165) is 25.6 Å². The van der Waals surface area contributed by atoms with Gasteiger partial charge in [-0.2, -0.15) is 0 Å². The lowest BCUT2D eigenvalue weighted by Crippen LogP contribution is -2.42. The van der Waals surface area contributed by atoms with E-state index in [-0.39, 0.29) is 6.54 Å². The van der Waals surface area contributed by atoms with Crippen molar-refractivity contribution in [3.8, 4) is 0 Å². The molecule has 2 heterocycles. The summed E-state index contributed by atoms with van der Waals surface area (Å²) in [5.41, 5.74) is 0. The first kappa shape index (κ1) is 16.8. The summed E-state index contributed by atoms with van der Waals surface area (Å²) in [5.74, 6) is 1.29. The summed E-state index contributed by atoms with van der Waals surface area (Å²) in [6.07, 6.45) is 4.84. The van der Waals surface area contributed by atoms with E-state index in [4.69, 9.17) is 4.42 Å². The van der Waals surface area contributed by atoms with Gasteiger partial charge in [-0.25, -0.2) is 0 Å². The Labute approximate surface area is 132 Å². The molecule has 1 aromatic rings. The van der Waals surface area contributed by atoms with Crippen molar-refractivity contribution in [3.63, 3.8) is 0 Å². The van der Waals surface area contributed by atoms with E-state index in [1.165, 1.54) is 32.4 Å². The normalized spacial score (nSPS) is 18.2. The SMILES string of the molecule is CCNC(=NCC(O)c1ccco1)NCCN1CCCCC1. The molecular formula is C16H28N4O2. The van der Waals surface area contributed by atoms with Gasteiger partial charge in [0.25, 0.3) is 0 Å². The van der Waals surface area contributed by atoms with Crippen molar-refractivity contribution >= 4 is 5.96 Å². The van der Waals surface area contributed by atoms with Gasteiger partial charge in [0.1, 0.15) is 11.9 Å². The fraction of sp³-hybridized carbons (Fsp3) is 0.688. The number of nitrogens with one attached hydrogen (secondary N) is 2. The number of aliphatic imine (C=N–C) groups is 1.